The van der Waals surface area contributed by atoms with Gasteiger partial charge in [0.2, 0.25) is 0 Å². The van der Waals surface area contributed by atoms with Gasteiger partial charge in [-0.3, -0.25) is 0 Å². The summed E-state index contributed by atoms with van der Waals surface area (Å²) in [5.41, 5.74) is 0. The molecule has 2 nitrogen and oxygen atoms in total. The van der Waals surface area contributed by atoms with Gasteiger partial charge in [-0.25, -0.2) is 8.42 Å². The first-order valence-electron chi connectivity index (χ1n) is 3.00. The van der Waals surface area contributed by atoms with Crippen LogP contribution in [0.2, 0.25) is 0 Å². The third-order valence-corrected chi connectivity index (χ3v) is 7.10. The van der Waals surface area contributed by atoms with Gasteiger partial charge in [0.1, 0.15) is 0 Å². The summed E-state index contributed by atoms with van der Waals surface area (Å²) in [6, 6.07) is 0. The predicted molar refractivity (Wildman–Crippen MR) is 60.5 cm³/mol. The molecule has 0 radical (unpaired) electrons. The molecule has 0 atom stereocenters. The van der Waals surface area contributed by atoms with E-state index in [9.17, 15) is 8.42 Å². The lowest BCUT2D eigenvalue weighted by molar-refractivity contribution is 0.597. The van der Waals surface area contributed by atoms with Gasteiger partial charge in [-0.2, -0.15) is 0 Å². The Balaban J connectivity index is 3.90. The van der Waals surface area contributed by atoms with Gasteiger partial charge in [0, 0.05) is 0 Å². The lowest BCUT2D eigenvalue weighted by Gasteiger charge is -2.02. The molecular weight excluding hydrogens is 378 g/mol. The second kappa shape index (κ2) is 5.13. The van der Waals surface area contributed by atoms with E-state index in [-0.39, 0.29) is 1.26 Å². The van der Waals surface area contributed by atoms with Crippen LogP contribution in [0.5, 0.6) is 0 Å². The molecule has 0 saturated heterocycles. The van der Waals surface area contributed by atoms with Crippen LogP contribution >= 0.6 is 45.2 Å². The monoisotopic (exact) mass is 388 g/mol. The van der Waals surface area contributed by atoms with Crippen LogP contribution in [0.25, 0.3) is 0 Å². The maximum atomic E-state index is 11.1. The normalized spacial score (nSPS) is 12.4. The van der Waals surface area contributed by atoms with E-state index in [2.05, 4.69) is 0 Å². The number of rotatable bonds is 4. The fourth-order valence-electron chi connectivity index (χ4n) is 0.435. The van der Waals surface area contributed by atoms with E-state index in [0.717, 1.165) is 12.8 Å². The molecule has 5 heteroatoms. The number of sulfone groups is 1. The molecule has 0 heterocycles. The highest BCUT2D eigenvalue weighted by molar-refractivity contribution is 14.2. The molecule has 10 heavy (non-hydrogen) atoms. The van der Waals surface area contributed by atoms with E-state index >= 15 is 0 Å². The zero-order valence-electron chi connectivity index (χ0n) is 5.68. The summed E-state index contributed by atoms with van der Waals surface area (Å²) < 4.78 is 21.9. The smallest absolute Gasteiger partial charge is 0.171 e. The highest BCUT2D eigenvalue weighted by atomic mass is 127. The molecule has 0 bridgehead atoms. The topological polar surface area (TPSA) is 34.1 Å². The van der Waals surface area contributed by atoms with Crippen LogP contribution in [0.1, 0.15) is 19.8 Å². The second-order valence-electron chi connectivity index (χ2n) is 1.98. The molecule has 0 fully saturated rings. The summed E-state index contributed by atoms with van der Waals surface area (Å²) >= 11 is 3.85. The van der Waals surface area contributed by atoms with Crippen LogP contribution in [0.15, 0.2) is 0 Å². The van der Waals surface area contributed by atoms with E-state index in [1.54, 1.807) is 0 Å². The number of unbranched alkanes of at least 4 members (excludes halogenated alkanes) is 1. The Labute approximate surface area is 89.3 Å². The van der Waals surface area contributed by atoms with Crippen molar-refractivity contribution in [3.63, 3.8) is 0 Å². The van der Waals surface area contributed by atoms with Crippen molar-refractivity contribution in [1.29, 1.82) is 0 Å². The van der Waals surface area contributed by atoms with Crippen LogP contribution in [-0.2, 0) is 9.84 Å². The number of hydrogen-bond donors (Lipinski definition) is 0. The first kappa shape index (κ1) is 11.4. The molecule has 0 aromatic heterocycles. The predicted octanol–water partition coefficient (Wildman–Crippen LogP) is 2.35. The lowest BCUT2D eigenvalue weighted by Crippen LogP contribution is -2.12. The molecule has 0 amide bonds. The van der Waals surface area contributed by atoms with E-state index < -0.39 is 9.84 Å². The minimum atomic E-state index is -2.79. The van der Waals surface area contributed by atoms with E-state index in [1.165, 1.54) is 0 Å². The molecule has 0 aromatic rings. The van der Waals surface area contributed by atoms with E-state index in [0.29, 0.717) is 5.75 Å². The van der Waals surface area contributed by atoms with E-state index in [1.807, 2.05) is 52.1 Å². The molecular formula is C5H10I2O2S. The Morgan fingerprint density at radius 2 is 1.90 bits per heavy atom. The fraction of sp³-hybridized carbons (Fsp3) is 1.00. The quantitative estimate of drug-likeness (QED) is 0.548. The number of halogens is 2. The van der Waals surface area contributed by atoms with Gasteiger partial charge in [-0.15, -0.1) is 0 Å². The highest BCUT2D eigenvalue weighted by Crippen LogP contribution is 2.19. The zero-order valence-corrected chi connectivity index (χ0v) is 10.8. The van der Waals surface area contributed by atoms with Crippen molar-refractivity contribution >= 4 is 55.0 Å². The summed E-state index contributed by atoms with van der Waals surface area (Å²) in [7, 11) is -2.79. The lowest BCUT2D eigenvalue weighted by atomic mass is 10.4. The molecule has 0 aliphatic rings. The van der Waals surface area contributed by atoms with Gasteiger partial charge in [0.15, 0.2) is 11.1 Å². The van der Waals surface area contributed by atoms with Crippen LogP contribution in [0.4, 0.5) is 0 Å². The largest absolute Gasteiger partial charge is 0.227 e. The Morgan fingerprint density at radius 3 is 2.20 bits per heavy atom. The maximum absolute atomic E-state index is 11.1. The summed E-state index contributed by atoms with van der Waals surface area (Å²) in [5.74, 6) is 0.333. The van der Waals surface area contributed by atoms with Crippen molar-refractivity contribution in [1.82, 2.24) is 0 Å². The van der Waals surface area contributed by atoms with Crippen molar-refractivity contribution in [2.24, 2.45) is 0 Å². The number of alkyl halides is 2. The summed E-state index contributed by atoms with van der Waals surface area (Å²) in [6.45, 7) is 1.99. The molecule has 62 valence electrons. The van der Waals surface area contributed by atoms with Crippen LogP contribution < -0.4 is 0 Å². The summed E-state index contributed by atoms with van der Waals surface area (Å²) in [6.07, 6.45) is 1.73. The van der Waals surface area contributed by atoms with Crippen molar-refractivity contribution in [2.75, 3.05) is 5.75 Å². The molecule has 0 N–H and O–H groups in total. The van der Waals surface area contributed by atoms with E-state index in [4.69, 9.17) is 0 Å². The highest BCUT2D eigenvalue weighted by Gasteiger charge is 2.17. The fourth-order valence-corrected chi connectivity index (χ4v) is 2.83. The molecule has 0 spiro atoms. The Hall–Kier alpha value is 1.41. The van der Waals surface area contributed by atoms with Crippen LogP contribution in [0.3, 0.4) is 0 Å². The minimum Gasteiger partial charge on any atom is -0.227 e. The molecule has 0 aliphatic heterocycles. The SMILES string of the molecule is CCCCS(=O)(=O)C(I)I. The average Bonchev–Trinajstić information content (AvgIpc) is 1.84. The summed E-state index contributed by atoms with van der Waals surface area (Å²) in [4.78, 5) is 0. The molecule has 0 rings (SSSR count). The molecule has 0 aromatic carbocycles. The van der Waals surface area contributed by atoms with Gasteiger partial charge >= 0.3 is 0 Å². The van der Waals surface area contributed by atoms with Crippen molar-refractivity contribution in [2.45, 2.75) is 21.0 Å². The third-order valence-electron chi connectivity index (χ3n) is 1.05. The van der Waals surface area contributed by atoms with Crippen molar-refractivity contribution in [3.8, 4) is 0 Å². The average molecular weight is 388 g/mol. The second-order valence-corrected chi connectivity index (χ2v) is 10.8. The van der Waals surface area contributed by atoms with Crippen molar-refractivity contribution < 1.29 is 8.42 Å². The summed E-state index contributed by atoms with van der Waals surface area (Å²) in [5, 5.41) is 0. The van der Waals surface area contributed by atoms with Crippen molar-refractivity contribution in [3.05, 3.63) is 0 Å². The molecule has 0 saturated carbocycles. The standard InChI is InChI=1S/C5H10I2O2S/c1-2-3-4-10(8,9)5(6)7/h5H,2-4H2,1H3. The zero-order chi connectivity index (χ0) is 8.20. The Kier molecular flexibility index (Phi) is 5.85. The van der Waals surface area contributed by atoms with Gasteiger partial charge in [-0.1, -0.05) is 58.5 Å². The Bertz CT molecular complexity index is 174. The van der Waals surface area contributed by atoms with Crippen LogP contribution in [0, 0.1) is 0 Å². The van der Waals surface area contributed by atoms with Gasteiger partial charge in [0.05, 0.1) is 5.75 Å². The van der Waals surface area contributed by atoms with Gasteiger partial charge < -0.3 is 0 Å². The first-order chi connectivity index (χ1) is 4.50. The number of hydrogen-bond acceptors (Lipinski definition) is 2. The molecule has 0 aliphatic carbocycles. The first-order valence-corrected chi connectivity index (χ1v) is 7.21. The maximum Gasteiger partial charge on any atom is 0.171 e. The van der Waals surface area contributed by atoms with Crippen LogP contribution in [-0.4, -0.2) is 15.4 Å². The molecule has 0 unspecified atom stereocenters. The third kappa shape index (κ3) is 4.32. The Morgan fingerprint density at radius 1 is 1.40 bits per heavy atom. The van der Waals surface area contributed by atoms with Gasteiger partial charge in [-0.05, 0) is 6.42 Å². The van der Waals surface area contributed by atoms with Gasteiger partial charge in [0.25, 0.3) is 0 Å². The minimum absolute atomic E-state index is 0.269.